The van der Waals surface area contributed by atoms with E-state index in [2.05, 4.69) is 5.32 Å². The predicted octanol–water partition coefficient (Wildman–Crippen LogP) is 2.32. The van der Waals surface area contributed by atoms with Gasteiger partial charge in [-0.2, -0.15) is 0 Å². The van der Waals surface area contributed by atoms with E-state index in [4.69, 9.17) is 5.14 Å². The second kappa shape index (κ2) is 6.34. The van der Waals surface area contributed by atoms with E-state index in [1.165, 1.54) is 18.2 Å². The van der Waals surface area contributed by atoms with Crippen LogP contribution in [0.2, 0.25) is 0 Å². The molecule has 0 bridgehead atoms. The van der Waals surface area contributed by atoms with Crippen LogP contribution in [0.15, 0.2) is 53.4 Å². The summed E-state index contributed by atoms with van der Waals surface area (Å²) in [5.41, 5.74) is 1.77. The van der Waals surface area contributed by atoms with Gasteiger partial charge in [0.25, 0.3) is 0 Å². The smallest absolute Gasteiger partial charge is 0.238 e. The standard InChI is InChI=1S/C15H17FN2O2S/c1-11(13-5-7-14(16)8-6-13)18-10-12-3-2-4-15(9-12)21(17,19)20/h2-9,11,18H,10H2,1H3,(H2,17,19,20). The highest BCUT2D eigenvalue weighted by molar-refractivity contribution is 7.89. The van der Waals surface area contributed by atoms with E-state index in [1.54, 1.807) is 24.3 Å². The minimum Gasteiger partial charge on any atom is -0.306 e. The molecule has 6 heteroatoms. The van der Waals surface area contributed by atoms with Crippen LogP contribution in [0.25, 0.3) is 0 Å². The molecule has 2 rings (SSSR count). The highest BCUT2D eigenvalue weighted by atomic mass is 32.2. The van der Waals surface area contributed by atoms with E-state index < -0.39 is 10.0 Å². The van der Waals surface area contributed by atoms with Gasteiger partial charge in [0.15, 0.2) is 0 Å². The SMILES string of the molecule is CC(NCc1cccc(S(N)(=O)=O)c1)c1ccc(F)cc1. The van der Waals surface area contributed by atoms with Crippen LogP contribution in [0.4, 0.5) is 4.39 Å². The van der Waals surface area contributed by atoms with Crippen molar-refractivity contribution in [3.63, 3.8) is 0 Å². The predicted molar refractivity (Wildman–Crippen MR) is 79.5 cm³/mol. The summed E-state index contributed by atoms with van der Waals surface area (Å²) in [5.74, 6) is -0.271. The van der Waals surface area contributed by atoms with Crippen molar-refractivity contribution in [1.82, 2.24) is 5.32 Å². The van der Waals surface area contributed by atoms with E-state index in [1.807, 2.05) is 13.0 Å². The molecule has 0 aliphatic carbocycles. The lowest BCUT2D eigenvalue weighted by molar-refractivity contribution is 0.570. The lowest BCUT2D eigenvalue weighted by Gasteiger charge is -2.14. The van der Waals surface area contributed by atoms with Crippen molar-refractivity contribution in [1.29, 1.82) is 0 Å². The first-order valence-electron chi connectivity index (χ1n) is 6.47. The van der Waals surface area contributed by atoms with Gasteiger partial charge in [0.05, 0.1) is 4.90 Å². The van der Waals surface area contributed by atoms with Gasteiger partial charge in [-0.25, -0.2) is 17.9 Å². The molecule has 0 saturated heterocycles. The maximum absolute atomic E-state index is 12.9. The van der Waals surface area contributed by atoms with Crippen LogP contribution in [0.1, 0.15) is 24.1 Å². The molecule has 1 atom stereocenters. The molecule has 0 heterocycles. The van der Waals surface area contributed by atoms with Crippen molar-refractivity contribution in [2.75, 3.05) is 0 Å². The van der Waals surface area contributed by atoms with Gasteiger partial charge in [0, 0.05) is 12.6 Å². The minimum absolute atomic E-state index is 0.0174. The third-order valence-electron chi connectivity index (χ3n) is 3.21. The van der Waals surface area contributed by atoms with Crippen LogP contribution < -0.4 is 10.5 Å². The molecule has 0 aliphatic rings. The summed E-state index contributed by atoms with van der Waals surface area (Å²) in [6.45, 7) is 2.44. The van der Waals surface area contributed by atoms with Gasteiger partial charge in [0.2, 0.25) is 10.0 Å². The van der Waals surface area contributed by atoms with Gasteiger partial charge in [-0.1, -0.05) is 24.3 Å². The van der Waals surface area contributed by atoms with Crippen LogP contribution in [-0.2, 0) is 16.6 Å². The van der Waals surface area contributed by atoms with Crippen molar-refractivity contribution in [3.05, 3.63) is 65.5 Å². The zero-order chi connectivity index (χ0) is 15.5. The first-order valence-corrected chi connectivity index (χ1v) is 8.01. The Hall–Kier alpha value is -1.76. The van der Waals surface area contributed by atoms with Crippen molar-refractivity contribution in [3.8, 4) is 0 Å². The fourth-order valence-electron chi connectivity index (χ4n) is 1.97. The van der Waals surface area contributed by atoms with Crippen molar-refractivity contribution >= 4 is 10.0 Å². The summed E-state index contributed by atoms with van der Waals surface area (Å²) in [7, 11) is -3.69. The number of nitrogens with two attached hydrogens (primary N) is 1. The molecule has 2 aromatic carbocycles. The number of halogens is 1. The monoisotopic (exact) mass is 308 g/mol. The average Bonchev–Trinajstić information content (AvgIpc) is 2.45. The Bertz CT molecular complexity index is 715. The molecule has 112 valence electrons. The number of hydrogen-bond donors (Lipinski definition) is 2. The number of sulfonamides is 1. The van der Waals surface area contributed by atoms with Crippen LogP contribution in [0.3, 0.4) is 0 Å². The molecule has 3 N–H and O–H groups in total. The molecular weight excluding hydrogens is 291 g/mol. The van der Waals surface area contributed by atoms with Gasteiger partial charge in [-0.15, -0.1) is 0 Å². The molecule has 21 heavy (non-hydrogen) atoms. The molecule has 0 spiro atoms. The normalized spacial score (nSPS) is 13.1. The summed E-state index contributed by atoms with van der Waals surface area (Å²) in [4.78, 5) is 0.0937. The Morgan fingerprint density at radius 2 is 1.86 bits per heavy atom. The van der Waals surface area contributed by atoms with E-state index in [-0.39, 0.29) is 16.8 Å². The van der Waals surface area contributed by atoms with Gasteiger partial charge in [0.1, 0.15) is 5.82 Å². The largest absolute Gasteiger partial charge is 0.306 e. The topological polar surface area (TPSA) is 72.2 Å². The fourth-order valence-corrected chi connectivity index (χ4v) is 2.56. The van der Waals surface area contributed by atoms with Crippen LogP contribution in [0.5, 0.6) is 0 Å². The molecular formula is C15H17FN2O2S. The maximum Gasteiger partial charge on any atom is 0.238 e. The van der Waals surface area contributed by atoms with Gasteiger partial charge in [-0.05, 0) is 42.3 Å². The third kappa shape index (κ3) is 4.35. The van der Waals surface area contributed by atoms with E-state index in [0.717, 1.165) is 11.1 Å². The Balaban J connectivity index is 2.04. The molecule has 0 radical (unpaired) electrons. The zero-order valence-corrected chi connectivity index (χ0v) is 12.4. The molecule has 4 nitrogen and oxygen atoms in total. The first-order chi connectivity index (χ1) is 9.86. The quantitative estimate of drug-likeness (QED) is 0.890. The molecule has 0 aromatic heterocycles. The lowest BCUT2D eigenvalue weighted by Crippen LogP contribution is -2.18. The Morgan fingerprint density at radius 1 is 1.19 bits per heavy atom. The van der Waals surface area contributed by atoms with E-state index >= 15 is 0 Å². The van der Waals surface area contributed by atoms with Crippen LogP contribution in [-0.4, -0.2) is 8.42 Å². The van der Waals surface area contributed by atoms with Crippen molar-refractivity contribution in [2.45, 2.75) is 24.4 Å². The molecule has 0 saturated carbocycles. The molecule has 0 aliphatic heterocycles. The molecule has 2 aromatic rings. The summed E-state index contributed by atoms with van der Waals surface area (Å²) in [6.07, 6.45) is 0. The van der Waals surface area contributed by atoms with E-state index in [0.29, 0.717) is 6.54 Å². The summed E-state index contributed by atoms with van der Waals surface area (Å²) in [6, 6.07) is 12.7. The fraction of sp³-hybridized carbons (Fsp3) is 0.200. The first kappa shape index (κ1) is 15.6. The highest BCUT2D eigenvalue weighted by Gasteiger charge is 2.09. The molecule has 1 unspecified atom stereocenters. The highest BCUT2D eigenvalue weighted by Crippen LogP contribution is 2.15. The van der Waals surface area contributed by atoms with Crippen LogP contribution in [0, 0.1) is 5.82 Å². The summed E-state index contributed by atoms with van der Waals surface area (Å²) < 4.78 is 35.5. The van der Waals surface area contributed by atoms with Crippen LogP contribution >= 0.6 is 0 Å². The van der Waals surface area contributed by atoms with Gasteiger partial charge < -0.3 is 5.32 Å². The molecule has 0 amide bonds. The second-order valence-electron chi connectivity index (χ2n) is 4.85. The Labute approximate surface area is 123 Å². The number of hydrogen-bond acceptors (Lipinski definition) is 3. The number of nitrogens with one attached hydrogen (secondary N) is 1. The Morgan fingerprint density at radius 3 is 2.48 bits per heavy atom. The zero-order valence-electron chi connectivity index (χ0n) is 11.6. The van der Waals surface area contributed by atoms with E-state index in [9.17, 15) is 12.8 Å². The number of primary sulfonamides is 1. The lowest BCUT2D eigenvalue weighted by atomic mass is 10.1. The summed E-state index contributed by atoms with van der Waals surface area (Å²) in [5, 5.41) is 8.36. The molecule has 0 fully saturated rings. The number of benzene rings is 2. The van der Waals surface area contributed by atoms with Crippen molar-refractivity contribution < 1.29 is 12.8 Å². The third-order valence-corrected chi connectivity index (χ3v) is 4.12. The van der Waals surface area contributed by atoms with Gasteiger partial charge >= 0.3 is 0 Å². The average molecular weight is 308 g/mol. The van der Waals surface area contributed by atoms with Gasteiger partial charge in [-0.3, -0.25) is 0 Å². The second-order valence-corrected chi connectivity index (χ2v) is 6.41. The minimum atomic E-state index is -3.69. The number of rotatable bonds is 5. The van der Waals surface area contributed by atoms with Crippen molar-refractivity contribution in [2.24, 2.45) is 5.14 Å². The maximum atomic E-state index is 12.9. The Kier molecular flexibility index (Phi) is 4.72. The summed E-state index contributed by atoms with van der Waals surface area (Å²) >= 11 is 0.